The molecule has 0 saturated heterocycles. The molecule has 3 aromatic carbocycles. The number of benzene rings is 3. The summed E-state index contributed by atoms with van der Waals surface area (Å²) < 4.78 is 6.52. The molecule has 0 saturated carbocycles. The molecular formula is C23H23N2OSi. The SMILES string of the molecule is CC(C)(C)c1ccc2c(O[Si](c3ccccc3)c3ccccc3)n[nH]c2c1. The topological polar surface area (TPSA) is 37.9 Å². The zero-order valence-corrected chi connectivity index (χ0v) is 16.9. The quantitative estimate of drug-likeness (QED) is 0.550. The Balaban J connectivity index is 1.74. The van der Waals surface area contributed by atoms with E-state index in [-0.39, 0.29) is 5.41 Å². The Morgan fingerprint density at radius 1 is 0.815 bits per heavy atom. The highest BCUT2D eigenvalue weighted by molar-refractivity contribution is 6.80. The summed E-state index contributed by atoms with van der Waals surface area (Å²) in [5.41, 5.74) is 2.39. The van der Waals surface area contributed by atoms with Gasteiger partial charge in [-0.3, -0.25) is 5.10 Å². The molecule has 1 radical (unpaired) electrons. The zero-order valence-electron chi connectivity index (χ0n) is 15.9. The normalized spacial score (nSPS) is 11.9. The van der Waals surface area contributed by atoms with Gasteiger partial charge in [-0.25, -0.2) is 0 Å². The van der Waals surface area contributed by atoms with E-state index in [2.05, 4.69) is 97.7 Å². The molecule has 0 aliphatic heterocycles. The van der Waals surface area contributed by atoms with Crippen LogP contribution >= 0.6 is 0 Å². The van der Waals surface area contributed by atoms with Gasteiger partial charge < -0.3 is 4.43 Å². The van der Waals surface area contributed by atoms with Gasteiger partial charge in [0.25, 0.3) is 0 Å². The highest BCUT2D eigenvalue weighted by atomic mass is 28.3. The Bertz CT molecular complexity index is 997. The molecule has 135 valence electrons. The van der Waals surface area contributed by atoms with Crippen molar-refractivity contribution in [3.63, 3.8) is 0 Å². The monoisotopic (exact) mass is 371 g/mol. The third-order valence-electron chi connectivity index (χ3n) is 4.66. The summed E-state index contributed by atoms with van der Waals surface area (Å²) in [6, 6.07) is 27.3. The second-order valence-corrected chi connectivity index (χ2v) is 9.72. The minimum absolute atomic E-state index is 0.101. The van der Waals surface area contributed by atoms with Crippen LogP contribution in [0.1, 0.15) is 26.3 Å². The maximum atomic E-state index is 6.52. The summed E-state index contributed by atoms with van der Waals surface area (Å²) >= 11 is 0. The number of aromatic amines is 1. The van der Waals surface area contributed by atoms with Gasteiger partial charge in [0.2, 0.25) is 5.88 Å². The standard InChI is InChI=1S/C23H23N2OSi/c1-23(2,3)17-14-15-20-21(16-17)24-25-22(20)26-27(18-10-6-4-7-11-18)19-12-8-5-9-13-19/h4-16H,1-3H3,(H,24,25). The van der Waals surface area contributed by atoms with Gasteiger partial charge in [0.15, 0.2) is 0 Å². The van der Waals surface area contributed by atoms with Crippen LogP contribution in [0.5, 0.6) is 5.88 Å². The minimum atomic E-state index is -1.43. The lowest BCUT2D eigenvalue weighted by Gasteiger charge is -2.19. The molecular weight excluding hydrogens is 348 g/mol. The highest BCUT2D eigenvalue weighted by Crippen LogP contribution is 2.29. The van der Waals surface area contributed by atoms with Gasteiger partial charge in [-0.1, -0.05) is 87.5 Å². The Labute approximate surface area is 161 Å². The Morgan fingerprint density at radius 3 is 1.96 bits per heavy atom. The molecule has 0 fully saturated rings. The van der Waals surface area contributed by atoms with Crippen molar-refractivity contribution in [1.29, 1.82) is 0 Å². The molecule has 3 nitrogen and oxygen atoms in total. The molecule has 0 aliphatic rings. The van der Waals surface area contributed by atoms with Crippen LogP contribution in [-0.4, -0.2) is 19.2 Å². The largest absolute Gasteiger partial charge is 0.518 e. The van der Waals surface area contributed by atoms with Crippen LogP contribution in [-0.2, 0) is 5.41 Å². The summed E-state index contributed by atoms with van der Waals surface area (Å²) in [5, 5.41) is 11.1. The predicted molar refractivity (Wildman–Crippen MR) is 113 cm³/mol. The van der Waals surface area contributed by atoms with E-state index >= 15 is 0 Å². The number of nitrogens with zero attached hydrogens (tertiary/aromatic N) is 1. The van der Waals surface area contributed by atoms with Crippen LogP contribution in [0.4, 0.5) is 0 Å². The number of hydrogen-bond acceptors (Lipinski definition) is 2. The van der Waals surface area contributed by atoms with Gasteiger partial charge in [-0.2, -0.15) is 0 Å². The van der Waals surface area contributed by atoms with Crippen molar-refractivity contribution < 1.29 is 4.43 Å². The van der Waals surface area contributed by atoms with Crippen molar-refractivity contribution in [2.75, 3.05) is 0 Å². The Morgan fingerprint density at radius 2 is 1.41 bits per heavy atom. The maximum Gasteiger partial charge on any atom is 0.354 e. The van der Waals surface area contributed by atoms with Crippen LogP contribution in [0.2, 0.25) is 0 Å². The maximum absolute atomic E-state index is 6.52. The van der Waals surface area contributed by atoms with Gasteiger partial charge in [0, 0.05) is 0 Å². The number of rotatable bonds is 4. The van der Waals surface area contributed by atoms with E-state index in [1.54, 1.807) is 0 Å². The molecule has 1 heterocycles. The lowest BCUT2D eigenvalue weighted by atomic mass is 9.87. The molecule has 1 N–H and O–H groups in total. The average Bonchev–Trinajstić information content (AvgIpc) is 3.09. The first kappa shape index (κ1) is 17.6. The third-order valence-corrected chi connectivity index (χ3v) is 6.78. The number of nitrogens with one attached hydrogen (secondary N) is 1. The van der Waals surface area contributed by atoms with Crippen LogP contribution in [0, 0.1) is 0 Å². The van der Waals surface area contributed by atoms with E-state index in [9.17, 15) is 0 Å². The van der Waals surface area contributed by atoms with Crippen molar-refractivity contribution in [1.82, 2.24) is 10.2 Å². The lowest BCUT2D eigenvalue weighted by Crippen LogP contribution is -2.47. The number of hydrogen-bond donors (Lipinski definition) is 1. The van der Waals surface area contributed by atoms with Gasteiger partial charge in [0.1, 0.15) is 0 Å². The molecule has 4 heteroatoms. The van der Waals surface area contributed by atoms with E-state index in [1.165, 1.54) is 15.9 Å². The zero-order chi connectivity index (χ0) is 18.9. The van der Waals surface area contributed by atoms with Gasteiger partial charge in [-0.05, 0) is 33.5 Å². The summed E-state index contributed by atoms with van der Waals surface area (Å²) in [4.78, 5) is 0. The summed E-state index contributed by atoms with van der Waals surface area (Å²) in [7, 11) is -1.43. The fourth-order valence-electron chi connectivity index (χ4n) is 3.10. The summed E-state index contributed by atoms with van der Waals surface area (Å²) in [6.45, 7) is 6.65. The number of H-pyrrole nitrogens is 1. The fourth-order valence-corrected chi connectivity index (χ4v) is 5.01. The minimum Gasteiger partial charge on any atom is -0.518 e. The molecule has 4 aromatic rings. The van der Waals surface area contributed by atoms with Crippen molar-refractivity contribution in [3.8, 4) is 5.88 Å². The van der Waals surface area contributed by atoms with Crippen LogP contribution < -0.4 is 14.8 Å². The smallest absolute Gasteiger partial charge is 0.354 e. The van der Waals surface area contributed by atoms with Gasteiger partial charge in [0.05, 0.1) is 10.9 Å². The van der Waals surface area contributed by atoms with Crippen molar-refractivity contribution in [2.24, 2.45) is 0 Å². The predicted octanol–water partition coefficient (Wildman–Crippen LogP) is 4.05. The van der Waals surface area contributed by atoms with Crippen LogP contribution in [0.3, 0.4) is 0 Å². The Kier molecular flexibility index (Phi) is 4.58. The summed E-state index contributed by atoms with van der Waals surface area (Å²) in [5.74, 6) is 0.673. The molecule has 27 heavy (non-hydrogen) atoms. The number of aromatic nitrogens is 2. The second kappa shape index (κ2) is 7.04. The molecule has 1 aromatic heterocycles. The average molecular weight is 372 g/mol. The molecule has 0 spiro atoms. The lowest BCUT2D eigenvalue weighted by molar-refractivity contribution is 0.568. The van der Waals surface area contributed by atoms with E-state index in [0.717, 1.165) is 10.9 Å². The first-order valence-electron chi connectivity index (χ1n) is 9.16. The van der Waals surface area contributed by atoms with Crippen molar-refractivity contribution in [2.45, 2.75) is 26.2 Å². The first-order chi connectivity index (χ1) is 13.0. The summed E-state index contributed by atoms with van der Waals surface area (Å²) in [6.07, 6.45) is 0. The second-order valence-electron chi connectivity index (χ2n) is 7.70. The van der Waals surface area contributed by atoms with Crippen molar-refractivity contribution >= 4 is 30.3 Å². The molecule has 0 bridgehead atoms. The van der Waals surface area contributed by atoms with Gasteiger partial charge in [-0.15, -0.1) is 5.10 Å². The van der Waals surface area contributed by atoms with Crippen LogP contribution in [0.15, 0.2) is 78.9 Å². The number of fused-ring (bicyclic) bond motifs is 1. The fraction of sp³-hybridized carbons (Fsp3) is 0.174. The van der Waals surface area contributed by atoms with E-state index in [0.29, 0.717) is 5.88 Å². The van der Waals surface area contributed by atoms with Crippen LogP contribution in [0.25, 0.3) is 10.9 Å². The molecule has 0 atom stereocenters. The first-order valence-corrected chi connectivity index (χ1v) is 10.6. The van der Waals surface area contributed by atoms with Gasteiger partial charge >= 0.3 is 9.04 Å². The molecule has 0 aliphatic carbocycles. The van der Waals surface area contributed by atoms with E-state index < -0.39 is 9.04 Å². The van der Waals surface area contributed by atoms with E-state index in [1.807, 2.05) is 12.1 Å². The highest BCUT2D eigenvalue weighted by Gasteiger charge is 2.24. The third kappa shape index (κ3) is 3.66. The molecule has 0 amide bonds. The molecule has 0 unspecified atom stereocenters. The Hall–Kier alpha value is -2.85. The van der Waals surface area contributed by atoms with Crippen molar-refractivity contribution in [3.05, 3.63) is 84.4 Å². The van der Waals surface area contributed by atoms with E-state index in [4.69, 9.17) is 4.43 Å². The molecule has 4 rings (SSSR count).